The quantitative estimate of drug-likeness (QED) is 0.877. The van der Waals surface area contributed by atoms with Gasteiger partial charge in [-0.3, -0.25) is 0 Å². The minimum absolute atomic E-state index is 0.123. The summed E-state index contributed by atoms with van der Waals surface area (Å²) in [5.74, 6) is -0.130. The fraction of sp³-hybridized carbons (Fsp3) is 0.600. The molecule has 0 bridgehead atoms. The summed E-state index contributed by atoms with van der Waals surface area (Å²) in [6, 6.07) is 7.14. The molecule has 2 rings (SSSR count). The molecule has 1 aromatic carbocycles. The van der Waals surface area contributed by atoms with Crippen molar-refractivity contribution in [3.63, 3.8) is 0 Å². The van der Waals surface area contributed by atoms with Crippen molar-refractivity contribution >= 4 is 0 Å². The Morgan fingerprint density at radius 3 is 2.95 bits per heavy atom. The lowest BCUT2D eigenvalue weighted by atomic mass is 9.99. The second-order valence-corrected chi connectivity index (χ2v) is 5.13. The number of likely N-dealkylation sites (N-methyl/N-ethyl adjacent to an activating group) is 2. The summed E-state index contributed by atoms with van der Waals surface area (Å²) in [5.41, 5.74) is 0.755. The van der Waals surface area contributed by atoms with Gasteiger partial charge in [-0.25, -0.2) is 4.39 Å². The van der Waals surface area contributed by atoms with E-state index in [9.17, 15) is 4.39 Å². The SMILES string of the molecule is CCNC(Cc1ccccc1F)C1CN(C)CCO1. The Morgan fingerprint density at radius 1 is 1.47 bits per heavy atom. The molecular weight excluding hydrogens is 243 g/mol. The fourth-order valence-electron chi connectivity index (χ4n) is 2.55. The molecule has 0 aliphatic carbocycles. The van der Waals surface area contributed by atoms with Gasteiger partial charge in [0.15, 0.2) is 0 Å². The van der Waals surface area contributed by atoms with Gasteiger partial charge in [0.2, 0.25) is 0 Å². The van der Waals surface area contributed by atoms with Gasteiger partial charge in [0.05, 0.1) is 12.7 Å². The zero-order chi connectivity index (χ0) is 13.7. The molecule has 4 heteroatoms. The van der Waals surface area contributed by atoms with Crippen LogP contribution in [0.3, 0.4) is 0 Å². The van der Waals surface area contributed by atoms with Gasteiger partial charge in [-0.15, -0.1) is 0 Å². The lowest BCUT2D eigenvalue weighted by Crippen LogP contribution is -2.52. The second kappa shape index (κ2) is 6.98. The molecule has 1 heterocycles. The molecule has 2 unspecified atom stereocenters. The predicted molar refractivity (Wildman–Crippen MR) is 74.8 cm³/mol. The van der Waals surface area contributed by atoms with Crippen LogP contribution < -0.4 is 5.32 Å². The molecule has 1 aromatic rings. The van der Waals surface area contributed by atoms with E-state index < -0.39 is 0 Å². The van der Waals surface area contributed by atoms with E-state index in [-0.39, 0.29) is 18.0 Å². The first-order chi connectivity index (χ1) is 9.20. The Hall–Kier alpha value is -0.970. The highest BCUT2D eigenvalue weighted by molar-refractivity contribution is 5.19. The minimum Gasteiger partial charge on any atom is -0.374 e. The number of benzene rings is 1. The van der Waals surface area contributed by atoms with Crippen LogP contribution in [-0.2, 0) is 11.2 Å². The Morgan fingerprint density at radius 2 is 2.26 bits per heavy atom. The number of rotatable bonds is 5. The summed E-state index contributed by atoms with van der Waals surface area (Å²) in [7, 11) is 2.10. The van der Waals surface area contributed by atoms with Crippen LogP contribution in [0.15, 0.2) is 24.3 Å². The van der Waals surface area contributed by atoms with E-state index in [1.54, 1.807) is 6.07 Å². The fourth-order valence-corrected chi connectivity index (χ4v) is 2.55. The molecule has 0 aromatic heterocycles. The molecule has 0 radical (unpaired) electrons. The van der Waals surface area contributed by atoms with Gasteiger partial charge in [-0.1, -0.05) is 25.1 Å². The second-order valence-electron chi connectivity index (χ2n) is 5.13. The van der Waals surface area contributed by atoms with Crippen LogP contribution in [0.4, 0.5) is 4.39 Å². The van der Waals surface area contributed by atoms with Crippen molar-refractivity contribution in [3.05, 3.63) is 35.6 Å². The van der Waals surface area contributed by atoms with Crippen LogP contribution in [0.2, 0.25) is 0 Å². The first-order valence-electron chi connectivity index (χ1n) is 6.97. The van der Waals surface area contributed by atoms with Crippen molar-refractivity contribution in [3.8, 4) is 0 Å². The van der Waals surface area contributed by atoms with Crippen molar-refractivity contribution in [2.75, 3.05) is 33.3 Å². The molecule has 0 spiro atoms. The maximum Gasteiger partial charge on any atom is 0.126 e. The minimum atomic E-state index is -0.130. The number of nitrogens with one attached hydrogen (secondary N) is 1. The van der Waals surface area contributed by atoms with Gasteiger partial charge in [-0.05, 0) is 31.6 Å². The molecule has 2 atom stereocenters. The van der Waals surface area contributed by atoms with Gasteiger partial charge in [0.1, 0.15) is 5.82 Å². The van der Waals surface area contributed by atoms with Gasteiger partial charge in [0, 0.05) is 19.1 Å². The molecule has 106 valence electrons. The summed E-state index contributed by atoms with van der Waals surface area (Å²) < 4.78 is 19.6. The highest BCUT2D eigenvalue weighted by atomic mass is 19.1. The van der Waals surface area contributed by atoms with Gasteiger partial charge >= 0.3 is 0 Å². The maximum atomic E-state index is 13.8. The Balaban J connectivity index is 2.05. The largest absolute Gasteiger partial charge is 0.374 e. The van der Waals surface area contributed by atoms with Crippen molar-refractivity contribution < 1.29 is 9.13 Å². The molecule has 1 aliphatic rings. The molecule has 1 fully saturated rings. The zero-order valence-electron chi connectivity index (χ0n) is 11.7. The summed E-state index contributed by atoms with van der Waals surface area (Å²) >= 11 is 0. The molecule has 0 saturated carbocycles. The van der Waals surface area contributed by atoms with Crippen LogP contribution in [0.1, 0.15) is 12.5 Å². The number of ether oxygens (including phenoxy) is 1. The zero-order valence-corrected chi connectivity index (χ0v) is 11.7. The molecule has 0 amide bonds. The van der Waals surface area contributed by atoms with Crippen LogP contribution >= 0.6 is 0 Å². The van der Waals surface area contributed by atoms with E-state index in [1.807, 2.05) is 12.1 Å². The third kappa shape index (κ3) is 4.00. The number of nitrogens with zero attached hydrogens (tertiary/aromatic N) is 1. The van der Waals surface area contributed by atoms with Crippen molar-refractivity contribution in [2.24, 2.45) is 0 Å². The van der Waals surface area contributed by atoms with E-state index >= 15 is 0 Å². The van der Waals surface area contributed by atoms with Crippen molar-refractivity contribution in [2.45, 2.75) is 25.5 Å². The summed E-state index contributed by atoms with van der Waals surface area (Å²) in [5, 5.41) is 3.43. The lowest BCUT2D eigenvalue weighted by Gasteiger charge is -2.35. The van der Waals surface area contributed by atoms with Gasteiger partial charge in [0.25, 0.3) is 0 Å². The number of morpholine rings is 1. The Kier molecular flexibility index (Phi) is 5.31. The molecular formula is C15H23FN2O. The monoisotopic (exact) mass is 266 g/mol. The van der Waals surface area contributed by atoms with Crippen molar-refractivity contribution in [1.29, 1.82) is 0 Å². The van der Waals surface area contributed by atoms with E-state index in [0.29, 0.717) is 6.42 Å². The maximum absolute atomic E-state index is 13.8. The first kappa shape index (κ1) is 14.4. The summed E-state index contributed by atoms with van der Waals surface area (Å²) in [6.07, 6.45) is 0.789. The van der Waals surface area contributed by atoms with Gasteiger partial charge < -0.3 is 15.0 Å². The van der Waals surface area contributed by atoms with E-state index in [1.165, 1.54) is 6.07 Å². The topological polar surface area (TPSA) is 24.5 Å². The molecule has 1 N–H and O–H groups in total. The number of halogens is 1. The van der Waals surface area contributed by atoms with Crippen LogP contribution in [-0.4, -0.2) is 50.3 Å². The lowest BCUT2D eigenvalue weighted by molar-refractivity contribution is -0.0382. The normalized spacial score (nSPS) is 22.4. The van der Waals surface area contributed by atoms with Crippen molar-refractivity contribution in [1.82, 2.24) is 10.2 Å². The Labute approximate surface area is 114 Å². The third-order valence-electron chi connectivity index (χ3n) is 3.61. The van der Waals surface area contributed by atoms with Crippen LogP contribution in [0.5, 0.6) is 0 Å². The van der Waals surface area contributed by atoms with Gasteiger partial charge in [-0.2, -0.15) is 0 Å². The van der Waals surface area contributed by atoms with Crippen LogP contribution in [0, 0.1) is 5.82 Å². The summed E-state index contributed by atoms with van der Waals surface area (Å²) in [4.78, 5) is 2.26. The third-order valence-corrected chi connectivity index (χ3v) is 3.61. The first-order valence-corrected chi connectivity index (χ1v) is 6.97. The molecule has 3 nitrogen and oxygen atoms in total. The van der Waals surface area contributed by atoms with Crippen LogP contribution in [0.25, 0.3) is 0 Å². The molecule has 1 saturated heterocycles. The average Bonchev–Trinajstić information content (AvgIpc) is 2.40. The predicted octanol–water partition coefficient (Wildman–Crippen LogP) is 1.68. The smallest absolute Gasteiger partial charge is 0.126 e. The van der Waals surface area contributed by atoms with E-state index in [2.05, 4.69) is 24.2 Å². The Bertz CT molecular complexity index is 399. The standard InChI is InChI=1S/C15H23FN2O/c1-3-17-14(15-11-18(2)8-9-19-15)10-12-6-4-5-7-13(12)16/h4-7,14-15,17H,3,8-11H2,1-2H3. The molecule has 19 heavy (non-hydrogen) atoms. The molecule has 1 aliphatic heterocycles. The van der Waals surface area contributed by atoms with E-state index in [4.69, 9.17) is 4.74 Å². The van der Waals surface area contributed by atoms with E-state index in [0.717, 1.165) is 31.8 Å². The highest BCUT2D eigenvalue weighted by Gasteiger charge is 2.26. The highest BCUT2D eigenvalue weighted by Crippen LogP contribution is 2.15. The summed E-state index contributed by atoms with van der Waals surface area (Å²) in [6.45, 7) is 5.55. The average molecular weight is 266 g/mol. The number of hydrogen-bond donors (Lipinski definition) is 1. The number of hydrogen-bond acceptors (Lipinski definition) is 3.